The van der Waals surface area contributed by atoms with Crippen molar-refractivity contribution in [3.63, 3.8) is 0 Å². The molecule has 0 spiro atoms. The SMILES string of the molecule is CCNC(=O)C1CCC2OC(C)(C)OC21N. The van der Waals surface area contributed by atoms with Gasteiger partial charge in [0.1, 0.15) is 6.10 Å². The van der Waals surface area contributed by atoms with E-state index >= 15 is 0 Å². The van der Waals surface area contributed by atoms with E-state index in [2.05, 4.69) is 5.32 Å². The van der Waals surface area contributed by atoms with E-state index in [-0.39, 0.29) is 17.9 Å². The van der Waals surface area contributed by atoms with Crippen LogP contribution < -0.4 is 11.1 Å². The third kappa shape index (κ3) is 1.73. The molecule has 1 aliphatic heterocycles. The molecular formula is C11H20N2O3. The van der Waals surface area contributed by atoms with E-state index in [4.69, 9.17) is 15.2 Å². The monoisotopic (exact) mass is 228 g/mol. The maximum absolute atomic E-state index is 11.9. The number of carbonyl (C=O) groups is 1. The van der Waals surface area contributed by atoms with E-state index in [0.29, 0.717) is 6.54 Å². The van der Waals surface area contributed by atoms with E-state index < -0.39 is 11.5 Å². The van der Waals surface area contributed by atoms with Gasteiger partial charge in [-0.05, 0) is 33.6 Å². The second kappa shape index (κ2) is 3.68. The average molecular weight is 228 g/mol. The van der Waals surface area contributed by atoms with Crippen LogP contribution in [0.3, 0.4) is 0 Å². The summed E-state index contributed by atoms with van der Waals surface area (Å²) in [6.07, 6.45) is 1.33. The molecule has 2 fully saturated rings. The molecule has 0 aromatic carbocycles. The van der Waals surface area contributed by atoms with E-state index in [1.54, 1.807) is 0 Å². The van der Waals surface area contributed by atoms with Crippen molar-refractivity contribution in [2.45, 2.75) is 51.2 Å². The maximum Gasteiger partial charge on any atom is 0.227 e. The first-order valence-electron chi connectivity index (χ1n) is 5.83. The number of rotatable bonds is 2. The first kappa shape index (κ1) is 11.8. The Kier molecular flexibility index (Phi) is 2.72. The molecule has 1 amide bonds. The number of carbonyl (C=O) groups excluding carboxylic acids is 1. The van der Waals surface area contributed by atoms with Gasteiger partial charge >= 0.3 is 0 Å². The smallest absolute Gasteiger partial charge is 0.227 e. The van der Waals surface area contributed by atoms with Gasteiger partial charge in [0.25, 0.3) is 0 Å². The van der Waals surface area contributed by atoms with Gasteiger partial charge < -0.3 is 20.5 Å². The molecule has 2 aliphatic rings. The van der Waals surface area contributed by atoms with Crippen molar-refractivity contribution >= 4 is 5.91 Å². The topological polar surface area (TPSA) is 73.6 Å². The molecule has 3 N–H and O–H groups in total. The quantitative estimate of drug-likeness (QED) is 0.714. The Morgan fingerprint density at radius 3 is 2.81 bits per heavy atom. The summed E-state index contributed by atoms with van der Waals surface area (Å²) in [5.74, 6) is -1.03. The molecule has 1 aliphatic carbocycles. The average Bonchev–Trinajstić information content (AvgIpc) is 2.53. The number of nitrogens with two attached hydrogens (primary N) is 1. The van der Waals surface area contributed by atoms with Crippen LogP contribution in [0.4, 0.5) is 0 Å². The van der Waals surface area contributed by atoms with Crippen LogP contribution in [-0.2, 0) is 14.3 Å². The predicted molar refractivity (Wildman–Crippen MR) is 58.4 cm³/mol. The molecule has 1 heterocycles. The Bertz CT molecular complexity index is 306. The first-order chi connectivity index (χ1) is 7.39. The van der Waals surface area contributed by atoms with Gasteiger partial charge in [0.2, 0.25) is 5.91 Å². The van der Waals surface area contributed by atoms with Crippen molar-refractivity contribution in [1.29, 1.82) is 0 Å². The second-order valence-electron chi connectivity index (χ2n) is 4.99. The fourth-order valence-corrected chi connectivity index (χ4v) is 2.71. The van der Waals surface area contributed by atoms with Crippen LogP contribution >= 0.6 is 0 Å². The highest BCUT2D eigenvalue weighted by Crippen LogP contribution is 2.46. The Balaban J connectivity index is 2.16. The zero-order valence-electron chi connectivity index (χ0n) is 10.1. The first-order valence-corrected chi connectivity index (χ1v) is 5.83. The Hall–Kier alpha value is -0.650. The highest BCUT2D eigenvalue weighted by atomic mass is 16.8. The number of ether oxygens (including phenoxy) is 2. The van der Waals surface area contributed by atoms with E-state index in [1.807, 2.05) is 20.8 Å². The van der Waals surface area contributed by atoms with Crippen molar-refractivity contribution in [3.8, 4) is 0 Å². The summed E-state index contributed by atoms with van der Waals surface area (Å²) in [7, 11) is 0. The molecule has 92 valence electrons. The summed E-state index contributed by atoms with van der Waals surface area (Å²) in [6.45, 7) is 6.16. The normalized spacial score (nSPS) is 40.8. The molecule has 0 radical (unpaired) electrons. The van der Waals surface area contributed by atoms with Gasteiger partial charge in [0, 0.05) is 6.54 Å². The van der Waals surface area contributed by atoms with E-state index in [0.717, 1.165) is 12.8 Å². The molecule has 5 heteroatoms. The summed E-state index contributed by atoms with van der Waals surface area (Å²) in [4.78, 5) is 11.9. The molecule has 0 bridgehead atoms. The highest BCUT2D eigenvalue weighted by Gasteiger charge is 2.60. The van der Waals surface area contributed by atoms with Crippen LogP contribution in [-0.4, -0.2) is 30.1 Å². The summed E-state index contributed by atoms with van der Waals surface area (Å²) in [6, 6.07) is 0. The van der Waals surface area contributed by atoms with Gasteiger partial charge in [-0.1, -0.05) is 0 Å². The summed E-state index contributed by atoms with van der Waals surface area (Å²) >= 11 is 0. The molecule has 0 aromatic heterocycles. The lowest BCUT2D eigenvalue weighted by Crippen LogP contribution is -2.55. The van der Waals surface area contributed by atoms with Gasteiger partial charge in [-0.3, -0.25) is 4.79 Å². The van der Waals surface area contributed by atoms with Crippen molar-refractivity contribution < 1.29 is 14.3 Å². The minimum Gasteiger partial charge on any atom is -0.356 e. The van der Waals surface area contributed by atoms with Crippen LogP contribution in [0.5, 0.6) is 0 Å². The molecule has 2 rings (SSSR count). The molecule has 0 aromatic rings. The lowest BCUT2D eigenvalue weighted by Gasteiger charge is -2.29. The minimum atomic E-state index is -0.956. The van der Waals surface area contributed by atoms with Crippen LogP contribution in [0.15, 0.2) is 0 Å². The van der Waals surface area contributed by atoms with E-state index in [9.17, 15) is 4.79 Å². The van der Waals surface area contributed by atoms with Crippen molar-refractivity contribution in [1.82, 2.24) is 5.32 Å². The fraction of sp³-hybridized carbons (Fsp3) is 0.909. The number of fused-ring (bicyclic) bond motifs is 1. The molecule has 5 nitrogen and oxygen atoms in total. The molecule has 3 unspecified atom stereocenters. The minimum absolute atomic E-state index is 0.0335. The van der Waals surface area contributed by atoms with Crippen LogP contribution in [0.1, 0.15) is 33.6 Å². The maximum atomic E-state index is 11.9. The van der Waals surface area contributed by atoms with Gasteiger partial charge in [-0.2, -0.15) is 0 Å². The third-order valence-electron chi connectivity index (χ3n) is 3.28. The van der Waals surface area contributed by atoms with Gasteiger partial charge in [-0.25, -0.2) is 0 Å². The third-order valence-corrected chi connectivity index (χ3v) is 3.28. The molecule has 1 saturated carbocycles. The lowest BCUT2D eigenvalue weighted by atomic mass is 9.98. The Labute approximate surface area is 95.7 Å². The van der Waals surface area contributed by atoms with Gasteiger partial charge in [0.15, 0.2) is 11.5 Å². The zero-order chi connectivity index (χ0) is 12.0. The zero-order valence-corrected chi connectivity index (χ0v) is 10.1. The van der Waals surface area contributed by atoms with Crippen molar-refractivity contribution in [2.75, 3.05) is 6.54 Å². The molecular weight excluding hydrogens is 208 g/mol. The molecule has 3 atom stereocenters. The standard InChI is InChI=1S/C11H20N2O3/c1-4-13-9(14)7-5-6-8-11(7,12)16-10(2,3)15-8/h7-8H,4-6,12H2,1-3H3,(H,13,14). The number of hydrogen-bond donors (Lipinski definition) is 2. The van der Waals surface area contributed by atoms with E-state index in [1.165, 1.54) is 0 Å². The Morgan fingerprint density at radius 1 is 1.50 bits per heavy atom. The fourth-order valence-electron chi connectivity index (χ4n) is 2.71. The van der Waals surface area contributed by atoms with Gasteiger partial charge in [-0.15, -0.1) is 0 Å². The summed E-state index contributed by atoms with van der Waals surface area (Å²) < 4.78 is 11.4. The lowest BCUT2D eigenvalue weighted by molar-refractivity contribution is -0.179. The number of hydrogen-bond acceptors (Lipinski definition) is 4. The van der Waals surface area contributed by atoms with Crippen molar-refractivity contribution in [2.24, 2.45) is 11.7 Å². The molecule has 1 saturated heterocycles. The summed E-state index contributed by atoms with van der Waals surface area (Å²) in [5.41, 5.74) is 5.25. The van der Waals surface area contributed by atoms with Crippen LogP contribution in [0.25, 0.3) is 0 Å². The summed E-state index contributed by atoms with van der Waals surface area (Å²) in [5, 5.41) is 2.80. The molecule has 16 heavy (non-hydrogen) atoms. The largest absolute Gasteiger partial charge is 0.356 e. The highest BCUT2D eigenvalue weighted by molar-refractivity contribution is 5.80. The second-order valence-corrected chi connectivity index (χ2v) is 4.99. The Morgan fingerprint density at radius 2 is 2.19 bits per heavy atom. The number of amides is 1. The van der Waals surface area contributed by atoms with Crippen molar-refractivity contribution in [3.05, 3.63) is 0 Å². The number of nitrogens with one attached hydrogen (secondary N) is 1. The predicted octanol–water partition coefficient (Wildman–Crippen LogP) is 0.339. The van der Waals surface area contributed by atoms with Gasteiger partial charge in [0.05, 0.1) is 5.92 Å². The van der Waals surface area contributed by atoms with Crippen LogP contribution in [0, 0.1) is 5.92 Å². The van der Waals surface area contributed by atoms with Crippen LogP contribution in [0.2, 0.25) is 0 Å².